The molecule has 0 bridgehead atoms. The minimum absolute atomic E-state index is 0.110. The van der Waals surface area contributed by atoms with Gasteiger partial charge in [-0.2, -0.15) is 0 Å². The van der Waals surface area contributed by atoms with Gasteiger partial charge in [0, 0.05) is 18.2 Å². The summed E-state index contributed by atoms with van der Waals surface area (Å²) in [5.41, 5.74) is 3.85. The average molecular weight is 312 g/mol. The van der Waals surface area contributed by atoms with E-state index in [-0.39, 0.29) is 5.91 Å². The summed E-state index contributed by atoms with van der Waals surface area (Å²) in [6.45, 7) is 7.05. The molecule has 0 saturated carbocycles. The molecule has 0 radical (unpaired) electrons. The molecule has 5 heteroatoms. The Balaban J connectivity index is 2.39. The maximum absolute atomic E-state index is 11.2. The average Bonchev–Trinajstić information content (AvgIpc) is 2.54. The number of nitrogens with one attached hydrogen (secondary N) is 1. The van der Waals surface area contributed by atoms with Crippen LogP contribution in [0.15, 0.2) is 41.6 Å². The van der Waals surface area contributed by atoms with E-state index in [1.165, 1.54) is 6.92 Å². The fourth-order valence-corrected chi connectivity index (χ4v) is 2.26. The van der Waals surface area contributed by atoms with Gasteiger partial charge in [-0.1, -0.05) is 17.3 Å². The zero-order chi connectivity index (χ0) is 17.0. The summed E-state index contributed by atoms with van der Waals surface area (Å²) in [4.78, 5) is 11.2. The van der Waals surface area contributed by atoms with Gasteiger partial charge >= 0.3 is 0 Å². The molecule has 2 aromatic rings. The lowest BCUT2D eigenvalue weighted by Gasteiger charge is -2.16. The predicted octanol–water partition coefficient (Wildman–Crippen LogP) is 4.25. The first-order valence-corrected chi connectivity index (χ1v) is 7.27. The minimum atomic E-state index is -0.110. The molecule has 5 nitrogen and oxygen atoms in total. The van der Waals surface area contributed by atoms with Gasteiger partial charge in [0.2, 0.25) is 5.91 Å². The van der Waals surface area contributed by atoms with Crippen LogP contribution < -0.4 is 10.1 Å². The molecule has 1 amide bonds. The molecule has 120 valence electrons. The van der Waals surface area contributed by atoms with Crippen LogP contribution in [0.4, 0.5) is 5.69 Å². The Bertz CT molecular complexity index is 767. The highest BCUT2D eigenvalue weighted by atomic mass is 16.5. The lowest BCUT2D eigenvalue weighted by Crippen LogP contribution is -2.08. The summed E-state index contributed by atoms with van der Waals surface area (Å²) in [6, 6.07) is 11.0. The van der Waals surface area contributed by atoms with Gasteiger partial charge in [-0.3, -0.25) is 4.79 Å². The number of hydrogen-bond donors (Lipinski definition) is 2. The third-order valence-corrected chi connectivity index (χ3v) is 3.69. The van der Waals surface area contributed by atoms with E-state index in [2.05, 4.69) is 10.5 Å². The van der Waals surface area contributed by atoms with E-state index in [1.807, 2.05) is 50.2 Å². The molecule has 0 aliphatic rings. The van der Waals surface area contributed by atoms with Crippen molar-refractivity contribution in [3.63, 3.8) is 0 Å². The Kier molecular flexibility index (Phi) is 5.01. The third-order valence-electron chi connectivity index (χ3n) is 3.69. The molecule has 0 spiro atoms. The number of hydrogen-bond acceptors (Lipinski definition) is 4. The zero-order valence-corrected chi connectivity index (χ0v) is 13.7. The van der Waals surface area contributed by atoms with E-state index < -0.39 is 0 Å². The summed E-state index contributed by atoms with van der Waals surface area (Å²) >= 11 is 0. The van der Waals surface area contributed by atoms with Gasteiger partial charge in [0.05, 0.1) is 5.71 Å². The van der Waals surface area contributed by atoms with E-state index in [9.17, 15) is 4.79 Å². The highest BCUT2D eigenvalue weighted by Crippen LogP contribution is 2.32. The van der Waals surface area contributed by atoms with Crippen LogP contribution in [0, 0.1) is 13.8 Å². The number of benzene rings is 2. The maximum Gasteiger partial charge on any atom is 0.221 e. The van der Waals surface area contributed by atoms with E-state index in [1.54, 1.807) is 6.92 Å². The lowest BCUT2D eigenvalue weighted by molar-refractivity contribution is -0.114. The molecular formula is C18H20N2O3. The van der Waals surface area contributed by atoms with Crippen LogP contribution in [0.25, 0.3) is 0 Å². The van der Waals surface area contributed by atoms with Crippen LogP contribution >= 0.6 is 0 Å². The number of oxime groups is 1. The normalized spacial score (nSPS) is 11.2. The fraction of sp³-hybridized carbons (Fsp3) is 0.222. The number of carbonyl (C=O) groups excluding carboxylic acids is 1. The van der Waals surface area contributed by atoms with Crippen molar-refractivity contribution < 1.29 is 14.7 Å². The monoisotopic (exact) mass is 312 g/mol. The molecule has 23 heavy (non-hydrogen) atoms. The van der Waals surface area contributed by atoms with Gasteiger partial charge in [0.15, 0.2) is 0 Å². The number of para-hydroxylation sites is 1. The number of anilines is 1. The van der Waals surface area contributed by atoms with Gasteiger partial charge in [-0.15, -0.1) is 0 Å². The summed E-state index contributed by atoms with van der Waals surface area (Å²) in [5, 5.41) is 15.0. The molecule has 0 atom stereocenters. The molecule has 2 aromatic carbocycles. The Hall–Kier alpha value is -2.82. The highest BCUT2D eigenvalue weighted by Gasteiger charge is 2.12. The van der Waals surface area contributed by atoms with Crippen LogP contribution in [0.2, 0.25) is 0 Å². The van der Waals surface area contributed by atoms with Crippen molar-refractivity contribution in [1.82, 2.24) is 0 Å². The van der Waals surface area contributed by atoms with Gasteiger partial charge in [-0.25, -0.2) is 0 Å². The van der Waals surface area contributed by atoms with Crippen molar-refractivity contribution in [2.75, 3.05) is 5.32 Å². The van der Waals surface area contributed by atoms with Gasteiger partial charge in [-0.05, 0) is 56.2 Å². The highest BCUT2D eigenvalue weighted by molar-refractivity contribution is 6.00. The van der Waals surface area contributed by atoms with Crippen molar-refractivity contribution >= 4 is 17.3 Å². The van der Waals surface area contributed by atoms with Crippen molar-refractivity contribution in [1.29, 1.82) is 0 Å². The second kappa shape index (κ2) is 6.96. The number of nitrogens with zero attached hydrogens (tertiary/aromatic N) is 1. The fourth-order valence-electron chi connectivity index (χ4n) is 2.26. The summed E-state index contributed by atoms with van der Waals surface area (Å²) in [6.07, 6.45) is 0. The summed E-state index contributed by atoms with van der Waals surface area (Å²) in [5.74, 6) is 1.19. The molecule has 2 N–H and O–H groups in total. The van der Waals surface area contributed by atoms with Crippen LogP contribution in [0.5, 0.6) is 11.5 Å². The SMILES string of the molecule is CC(=O)Nc1ccc(Oc2ccccc2/C(C)=N/O)c(C)c1C. The predicted molar refractivity (Wildman–Crippen MR) is 90.7 cm³/mol. The first-order chi connectivity index (χ1) is 10.9. The smallest absolute Gasteiger partial charge is 0.221 e. The Morgan fingerprint density at radius 2 is 1.74 bits per heavy atom. The standard InChI is InChI=1S/C18H20N2O3/c1-11-12(2)17(10-9-16(11)19-14(4)21)23-18-8-6-5-7-15(18)13(3)20-22/h5-10,22H,1-4H3,(H,19,21)/b20-13+. The topological polar surface area (TPSA) is 70.9 Å². The molecule has 0 aliphatic heterocycles. The van der Waals surface area contributed by atoms with E-state index in [0.29, 0.717) is 17.2 Å². The molecule has 0 heterocycles. The Morgan fingerprint density at radius 3 is 2.39 bits per heavy atom. The molecule has 0 fully saturated rings. The molecule has 0 unspecified atom stereocenters. The first-order valence-electron chi connectivity index (χ1n) is 7.27. The van der Waals surface area contributed by atoms with Crippen LogP contribution in [0.1, 0.15) is 30.5 Å². The zero-order valence-electron chi connectivity index (χ0n) is 13.7. The quantitative estimate of drug-likeness (QED) is 0.503. The van der Waals surface area contributed by atoms with Gasteiger partial charge in [0.25, 0.3) is 0 Å². The molecule has 2 rings (SSSR count). The van der Waals surface area contributed by atoms with Crippen molar-refractivity contribution in [3.8, 4) is 11.5 Å². The Morgan fingerprint density at radius 1 is 1.04 bits per heavy atom. The van der Waals surface area contributed by atoms with Crippen LogP contribution in [-0.4, -0.2) is 16.8 Å². The third kappa shape index (κ3) is 3.69. The maximum atomic E-state index is 11.2. The van der Waals surface area contributed by atoms with Crippen molar-refractivity contribution in [3.05, 3.63) is 53.1 Å². The largest absolute Gasteiger partial charge is 0.456 e. The van der Waals surface area contributed by atoms with E-state index in [0.717, 1.165) is 22.4 Å². The second-order valence-corrected chi connectivity index (χ2v) is 5.33. The lowest BCUT2D eigenvalue weighted by atomic mass is 10.1. The molecular weight excluding hydrogens is 292 g/mol. The number of amides is 1. The van der Waals surface area contributed by atoms with Crippen LogP contribution in [-0.2, 0) is 4.79 Å². The van der Waals surface area contributed by atoms with Crippen LogP contribution in [0.3, 0.4) is 0 Å². The van der Waals surface area contributed by atoms with E-state index >= 15 is 0 Å². The van der Waals surface area contributed by atoms with Gasteiger partial charge in [0.1, 0.15) is 11.5 Å². The second-order valence-electron chi connectivity index (χ2n) is 5.33. The van der Waals surface area contributed by atoms with Gasteiger partial charge < -0.3 is 15.3 Å². The minimum Gasteiger partial charge on any atom is -0.456 e. The number of ether oxygens (including phenoxy) is 1. The Labute approximate surface area is 135 Å². The number of rotatable bonds is 4. The van der Waals surface area contributed by atoms with Crippen molar-refractivity contribution in [2.24, 2.45) is 5.16 Å². The van der Waals surface area contributed by atoms with E-state index in [4.69, 9.17) is 9.94 Å². The molecule has 0 saturated heterocycles. The number of carbonyl (C=O) groups is 1. The van der Waals surface area contributed by atoms with Crippen molar-refractivity contribution in [2.45, 2.75) is 27.7 Å². The molecule has 0 aromatic heterocycles. The summed E-state index contributed by atoms with van der Waals surface area (Å²) in [7, 11) is 0. The first kappa shape index (κ1) is 16.5. The summed E-state index contributed by atoms with van der Waals surface area (Å²) < 4.78 is 6.00. The molecule has 0 aliphatic carbocycles.